The van der Waals surface area contributed by atoms with Gasteiger partial charge in [0.05, 0.1) is 0 Å². The van der Waals surface area contributed by atoms with Gasteiger partial charge in [0.2, 0.25) is 0 Å². The lowest BCUT2D eigenvalue weighted by molar-refractivity contribution is 0.176. The van der Waals surface area contributed by atoms with Crippen LogP contribution in [0.2, 0.25) is 0 Å². The molecule has 1 rings (SSSR count). The van der Waals surface area contributed by atoms with E-state index in [0.717, 1.165) is 13.1 Å². The van der Waals surface area contributed by atoms with Crippen molar-refractivity contribution in [3.63, 3.8) is 0 Å². The summed E-state index contributed by atoms with van der Waals surface area (Å²) < 4.78 is 0. The lowest BCUT2D eigenvalue weighted by Crippen LogP contribution is -2.44. The van der Waals surface area contributed by atoms with Crippen molar-refractivity contribution in [2.24, 2.45) is 5.73 Å². The van der Waals surface area contributed by atoms with Crippen LogP contribution in [0.1, 0.15) is 40.0 Å². The Morgan fingerprint density at radius 1 is 1.00 bits per heavy atom. The van der Waals surface area contributed by atoms with Gasteiger partial charge >= 0.3 is 0 Å². The van der Waals surface area contributed by atoms with Crippen molar-refractivity contribution in [3.05, 3.63) is 0 Å². The number of nitrogens with two attached hydrogens (primary N) is 1. The first-order valence-corrected chi connectivity index (χ1v) is 6.89. The molecule has 0 atom stereocenters. The second-order valence-electron chi connectivity index (χ2n) is 4.89. The van der Waals surface area contributed by atoms with E-state index in [2.05, 4.69) is 30.6 Å². The number of nitrogens with zero attached hydrogens (tertiary/aromatic N) is 2. The van der Waals surface area contributed by atoms with Crippen LogP contribution in [0, 0.1) is 0 Å². The molecule has 0 spiro atoms. The molecule has 0 aromatic heterocycles. The van der Waals surface area contributed by atoms with Crippen molar-refractivity contribution >= 4 is 0 Å². The molecule has 1 fully saturated rings. The summed E-state index contributed by atoms with van der Waals surface area (Å²) in [6.07, 6.45) is 3.89. The zero-order chi connectivity index (χ0) is 12.0. The summed E-state index contributed by atoms with van der Waals surface area (Å²) in [5.41, 5.74) is 6.26. The highest BCUT2D eigenvalue weighted by Crippen LogP contribution is 2.40. The molecular weight excluding hydrogens is 198 g/mol. The number of hydrogen-bond donors (Lipinski definition) is 1. The van der Waals surface area contributed by atoms with Crippen molar-refractivity contribution in [1.29, 1.82) is 0 Å². The highest BCUT2D eigenvalue weighted by atomic mass is 15.2. The zero-order valence-corrected chi connectivity index (χ0v) is 11.3. The van der Waals surface area contributed by atoms with Crippen LogP contribution >= 0.6 is 0 Å². The van der Waals surface area contributed by atoms with Crippen LogP contribution in [0.3, 0.4) is 0 Å². The fourth-order valence-corrected chi connectivity index (χ4v) is 2.55. The fourth-order valence-electron chi connectivity index (χ4n) is 2.55. The molecule has 2 N–H and O–H groups in total. The molecule has 3 heteroatoms. The topological polar surface area (TPSA) is 32.5 Å². The van der Waals surface area contributed by atoms with E-state index in [9.17, 15) is 0 Å². The van der Waals surface area contributed by atoms with Gasteiger partial charge in [-0.3, -0.25) is 4.90 Å². The molecule has 0 unspecified atom stereocenters. The largest absolute Gasteiger partial charge is 0.329 e. The van der Waals surface area contributed by atoms with Gasteiger partial charge in [0.25, 0.3) is 0 Å². The van der Waals surface area contributed by atoms with Gasteiger partial charge in [-0.05, 0) is 52.0 Å². The van der Waals surface area contributed by atoms with Gasteiger partial charge in [-0.2, -0.15) is 0 Å². The van der Waals surface area contributed by atoms with Gasteiger partial charge in [0.15, 0.2) is 0 Å². The van der Waals surface area contributed by atoms with Gasteiger partial charge in [0, 0.05) is 12.1 Å². The second-order valence-corrected chi connectivity index (χ2v) is 4.89. The van der Waals surface area contributed by atoms with E-state index in [0.29, 0.717) is 5.54 Å². The second kappa shape index (κ2) is 6.58. The van der Waals surface area contributed by atoms with Crippen LogP contribution < -0.4 is 5.73 Å². The summed E-state index contributed by atoms with van der Waals surface area (Å²) in [7, 11) is 0. The maximum Gasteiger partial charge on any atom is 0.0333 e. The fraction of sp³-hybridized carbons (Fsp3) is 1.00. The van der Waals surface area contributed by atoms with Crippen LogP contribution in [0.15, 0.2) is 0 Å². The minimum Gasteiger partial charge on any atom is -0.329 e. The van der Waals surface area contributed by atoms with Crippen molar-refractivity contribution < 1.29 is 0 Å². The van der Waals surface area contributed by atoms with Gasteiger partial charge in [-0.15, -0.1) is 0 Å². The maximum atomic E-state index is 5.88. The molecule has 0 aromatic carbocycles. The lowest BCUT2D eigenvalue weighted by atomic mass is 10.2. The van der Waals surface area contributed by atoms with E-state index in [1.807, 2.05) is 0 Å². The molecular formula is C13H29N3. The molecule has 0 saturated heterocycles. The summed E-state index contributed by atoms with van der Waals surface area (Å²) in [6, 6.07) is 0. The summed E-state index contributed by atoms with van der Waals surface area (Å²) >= 11 is 0. The van der Waals surface area contributed by atoms with E-state index in [-0.39, 0.29) is 0 Å². The highest BCUT2D eigenvalue weighted by Gasteiger charge is 2.45. The van der Waals surface area contributed by atoms with E-state index < -0.39 is 0 Å². The minimum atomic E-state index is 0.387. The first kappa shape index (κ1) is 13.9. The lowest BCUT2D eigenvalue weighted by Gasteiger charge is -2.30. The summed E-state index contributed by atoms with van der Waals surface area (Å²) in [6.45, 7) is 13.5. The Morgan fingerprint density at radius 3 is 2.00 bits per heavy atom. The molecule has 1 aliphatic carbocycles. The molecule has 96 valence electrons. The molecule has 16 heavy (non-hydrogen) atoms. The monoisotopic (exact) mass is 227 g/mol. The van der Waals surface area contributed by atoms with Gasteiger partial charge in [-0.25, -0.2) is 0 Å². The summed E-state index contributed by atoms with van der Waals surface area (Å²) in [5, 5.41) is 0. The van der Waals surface area contributed by atoms with E-state index >= 15 is 0 Å². The van der Waals surface area contributed by atoms with E-state index in [1.54, 1.807) is 0 Å². The molecule has 3 nitrogen and oxygen atoms in total. The number of hydrogen-bond acceptors (Lipinski definition) is 3. The zero-order valence-electron chi connectivity index (χ0n) is 11.3. The molecule has 0 aromatic rings. The summed E-state index contributed by atoms with van der Waals surface area (Å²) in [5.74, 6) is 0. The SMILES string of the molecule is CCN(CC)CCCN(CC)C1(CN)CC1. The van der Waals surface area contributed by atoms with Crippen molar-refractivity contribution in [2.45, 2.75) is 45.6 Å². The Morgan fingerprint density at radius 2 is 1.62 bits per heavy atom. The quantitative estimate of drug-likeness (QED) is 0.648. The Kier molecular flexibility index (Phi) is 5.73. The average Bonchev–Trinajstić information content (AvgIpc) is 3.10. The molecule has 1 saturated carbocycles. The van der Waals surface area contributed by atoms with Crippen LogP contribution in [0.4, 0.5) is 0 Å². The molecule has 0 amide bonds. The third-order valence-corrected chi connectivity index (χ3v) is 4.06. The Hall–Kier alpha value is -0.120. The van der Waals surface area contributed by atoms with Gasteiger partial charge in [0.1, 0.15) is 0 Å². The third-order valence-electron chi connectivity index (χ3n) is 4.06. The Bertz CT molecular complexity index is 186. The molecule has 0 bridgehead atoms. The third kappa shape index (κ3) is 3.44. The van der Waals surface area contributed by atoms with Gasteiger partial charge < -0.3 is 10.6 Å². The maximum absolute atomic E-state index is 5.88. The van der Waals surface area contributed by atoms with Gasteiger partial charge in [-0.1, -0.05) is 20.8 Å². The van der Waals surface area contributed by atoms with E-state index in [4.69, 9.17) is 5.73 Å². The van der Waals surface area contributed by atoms with Crippen LogP contribution in [0.25, 0.3) is 0 Å². The van der Waals surface area contributed by atoms with Crippen molar-refractivity contribution in [1.82, 2.24) is 9.80 Å². The van der Waals surface area contributed by atoms with Crippen LogP contribution in [-0.4, -0.2) is 54.6 Å². The minimum absolute atomic E-state index is 0.387. The first-order valence-electron chi connectivity index (χ1n) is 6.89. The number of likely N-dealkylation sites (N-methyl/N-ethyl adjacent to an activating group) is 1. The molecule has 0 radical (unpaired) electrons. The smallest absolute Gasteiger partial charge is 0.0333 e. The van der Waals surface area contributed by atoms with Crippen LogP contribution in [0.5, 0.6) is 0 Å². The predicted molar refractivity (Wildman–Crippen MR) is 70.7 cm³/mol. The average molecular weight is 227 g/mol. The molecule has 0 aliphatic heterocycles. The van der Waals surface area contributed by atoms with E-state index in [1.165, 1.54) is 45.4 Å². The Balaban J connectivity index is 2.24. The first-order chi connectivity index (χ1) is 7.72. The number of rotatable bonds is 9. The Labute approximate surface area is 101 Å². The summed E-state index contributed by atoms with van der Waals surface area (Å²) in [4.78, 5) is 5.09. The highest BCUT2D eigenvalue weighted by molar-refractivity contribution is 5.04. The predicted octanol–water partition coefficient (Wildman–Crippen LogP) is 1.53. The molecule has 0 heterocycles. The van der Waals surface area contributed by atoms with Crippen molar-refractivity contribution in [3.8, 4) is 0 Å². The molecule has 1 aliphatic rings. The normalized spacial score (nSPS) is 18.4. The van der Waals surface area contributed by atoms with Crippen molar-refractivity contribution in [2.75, 3.05) is 39.3 Å². The standard InChI is InChI=1S/C13H29N3/c1-4-15(5-2)10-7-11-16(6-3)13(12-14)8-9-13/h4-12,14H2,1-3H3. The van der Waals surface area contributed by atoms with Crippen LogP contribution in [-0.2, 0) is 0 Å².